The molecule has 2 N–H and O–H groups in total. The van der Waals surface area contributed by atoms with Gasteiger partial charge < -0.3 is 19.8 Å². The van der Waals surface area contributed by atoms with Gasteiger partial charge in [-0.25, -0.2) is 4.39 Å². The van der Waals surface area contributed by atoms with Gasteiger partial charge in [-0.3, -0.25) is 4.79 Å². The van der Waals surface area contributed by atoms with E-state index in [2.05, 4.69) is 4.90 Å². The first-order valence-corrected chi connectivity index (χ1v) is 10.4. The summed E-state index contributed by atoms with van der Waals surface area (Å²) in [7, 11) is 0. The van der Waals surface area contributed by atoms with Crippen LogP contribution in [-0.2, 0) is 17.0 Å². The Balaban J connectivity index is 1.66. The number of para-hydroxylation sites is 1. The van der Waals surface area contributed by atoms with Gasteiger partial charge in [-0.05, 0) is 75.0 Å². The number of ether oxygens (including phenoxy) is 1. The summed E-state index contributed by atoms with van der Waals surface area (Å²) in [5, 5.41) is 21.6. The Bertz CT molecular complexity index is 952. The Morgan fingerprint density at radius 3 is 2.60 bits per heavy atom. The van der Waals surface area contributed by atoms with Crippen molar-refractivity contribution in [1.29, 1.82) is 0 Å². The monoisotopic (exact) mass is 413 g/mol. The molecule has 0 amide bonds. The lowest BCUT2D eigenvalue weighted by atomic mass is 9.70. The zero-order valence-electron chi connectivity index (χ0n) is 17.4. The van der Waals surface area contributed by atoms with Crippen LogP contribution in [0.2, 0.25) is 0 Å². The molecule has 2 aromatic rings. The predicted octanol–water partition coefficient (Wildman–Crippen LogP) is 3.78. The third kappa shape index (κ3) is 3.59. The number of likely N-dealkylation sites (tertiary alicyclic amines) is 1. The molecule has 2 aromatic carbocycles. The minimum atomic E-state index is -1.29. The van der Waals surface area contributed by atoms with Crippen molar-refractivity contribution < 1.29 is 24.1 Å². The first kappa shape index (κ1) is 20.8. The van der Waals surface area contributed by atoms with Crippen LogP contribution in [0.3, 0.4) is 0 Å². The molecule has 1 atom stereocenters. The molecule has 2 aliphatic rings. The minimum absolute atomic E-state index is 0.0891. The van der Waals surface area contributed by atoms with Crippen LogP contribution in [0.5, 0.6) is 5.75 Å². The molecule has 0 bridgehead atoms. The summed E-state index contributed by atoms with van der Waals surface area (Å²) in [6.45, 7) is 5.54. The number of aliphatic carboxylic acids is 1. The van der Waals surface area contributed by atoms with E-state index in [-0.39, 0.29) is 18.3 Å². The number of nitrogens with zero attached hydrogens (tertiary/aromatic N) is 1. The van der Waals surface area contributed by atoms with Crippen molar-refractivity contribution >= 4 is 5.97 Å². The number of aliphatic hydroxyl groups is 1. The van der Waals surface area contributed by atoms with Crippen molar-refractivity contribution in [1.82, 2.24) is 4.90 Å². The molecule has 4 rings (SSSR count). The van der Waals surface area contributed by atoms with Gasteiger partial charge in [-0.1, -0.05) is 24.3 Å². The summed E-state index contributed by atoms with van der Waals surface area (Å²) in [5.74, 6) is -0.634. The number of piperidine rings is 1. The van der Waals surface area contributed by atoms with Gasteiger partial charge in [0.25, 0.3) is 0 Å². The van der Waals surface area contributed by atoms with E-state index >= 15 is 0 Å². The molecule has 5 nitrogen and oxygen atoms in total. The summed E-state index contributed by atoms with van der Waals surface area (Å²) in [6.07, 6.45) is 1.41. The van der Waals surface area contributed by atoms with Gasteiger partial charge in [0.05, 0.1) is 5.41 Å². The Hall–Kier alpha value is -2.44. The molecule has 0 aromatic heterocycles. The van der Waals surface area contributed by atoms with Crippen LogP contribution >= 0.6 is 0 Å². The first-order chi connectivity index (χ1) is 14.2. The zero-order chi connectivity index (χ0) is 21.5. The fourth-order valence-electron chi connectivity index (χ4n) is 4.84. The maximum Gasteiger partial charge on any atom is 0.310 e. The van der Waals surface area contributed by atoms with E-state index in [1.165, 1.54) is 12.1 Å². The molecule has 6 heteroatoms. The SMILES string of the molecule is CC(C)(CN1CCC(C2(O)c3ccc(F)cc3COc3ccccc32)CC1)C(=O)O. The van der Waals surface area contributed by atoms with E-state index in [1.807, 2.05) is 24.3 Å². The highest BCUT2D eigenvalue weighted by Crippen LogP contribution is 2.48. The Morgan fingerprint density at radius 2 is 1.90 bits per heavy atom. The van der Waals surface area contributed by atoms with Crippen molar-refractivity contribution in [3.05, 3.63) is 65.0 Å². The van der Waals surface area contributed by atoms with E-state index in [0.717, 1.165) is 0 Å². The van der Waals surface area contributed by atoms with Gasteiger partial charge in [-0.15, -0.1) is 0 Å². The number of carboxylic acid groups (broad SMARTS) is 1. The molecule has 1 fully saturated rings. The standard InChI is InChI=1S/C24H28FNO4/c1-23(2,22(27)28)15-26-11-9-17(10-12-26)24(29)19-8-7-18(25)13-16(19)14-30-21-6-4-3-5-20(21)24/h3-8,13,17,29H,9-12,14-15H2,1-2H3,(H,27,28). The second-order valence-electron chi connectivity index (χ2n) is 9.09. The van der Waals surface area contributed by atoms with Gasteiger partial charge in [0, 0.05) is 12.1 Å². The molecule has 0 spiro atoms. The highest BCUT2D eigenvalue weighted by Gasteiger charge is 2.46. The maximum absolute atomic E-state index is 13.9. The van der Waals surface area contributed by atoms with Crippen LogP contribution < -0.4 is 4.74 Å². The average molecular weight is 413 g/mol. The molecule has 1 saturated heterocycles. The van der Waals surface area contributed by atoms with E-state index in [9.17, 15) is 19.4 Å². The van der Waals surface area contributed by atoms with Crippen molar-refractivity contribution in [3.8, 4) is 5.75 Å². The van der Waals surface area contributed by atoms with Gasteiger partial charge in [-0.2, -0.15) is 0 Å². The Labute approximate surface area is 176 Å². The molecule has 2 heterocycles. The lowest BCUT2D eigenvalue weighted by molar-refractivity contribution is -0.148. The summed E-state index contributed by atoms with van der Waals surface area (Å²) in [6, 6.07) is 12.0. The van der Waals surface area contributed by atoms with Gasteiger partial charge in [0.1, 0.15) is 23.8 Å². The highest BCUT2D eigenvalue weighted by atomic mass is 19.1. The molecular formula is C24H28FNO4. The number of halogens is 1. The van der Waals surface area contributed by atoms with Gasteiger partial charge in [0.15, 0.2) is 0 Å². The summed E-state index contributed by atoms with van der Waals surface area (Å²) >= 11 is 0. The lowest BCUT2D eigenvalue weighted by Gasteiger charge is -2.43. The molecule has 0 radical (unpaired) electrons. The van der Waals surface area contributed by atoms with E-state index in [1.54, 1.807) is 19.9 Å². The topological polar surface area (TPSA) is 70.0 Å². The minimum Gasteiger partial charge on any atom is -0.488 e. The summed E-state index contributed by atoms with van der Waals surface area (Å²) in [4.78, 5) is 13.6. The number of carbonyl (C=O) groups is 1. The lowest BCUT2D eigenvalue weighted by Crippen LogP contribution is -2.47. The Kier molecular flexibility index (Phi) is 5.32. The van der Waals surface area contributed by atoms with Crippen molar-refractivity contribution in [2.45, 2.75) is 38.9 Å². The fraction of sp³-hybridized carbons (Fsp3) is 0.458. The second-order valence-corrected chi connectivity index (χ2v) is 9.09. The third-order valence-electron chi connectivity index (χ3n) is 6.54. The summed E-state index contributed by atoms with van der Waals surface area (Å²) < 4.78 is 19.9. The molecular weight excluding hydrogens is 385 g/mol. The molecule has 1 unspecified atom stereocenters. The largest absolute Gasteiger partial charge is 0.488 e. The number of benzene rings is 2. The van der Waals surface area contributed by atoms with Crippen molar-refractivity contribution in [2.75, 3.05) is 19.6 Å². The first-order valence-electron chi connectivity index (χ1n) is 10.4. The van der Waals surface area contributed by atoms with Crippen molar-refractivity contribution in [2.24, 2.45) is 11.3 Å². The van der Waals surface area contributed by atoms with Gasteiger partial charge >= 0.3 is 5.97 Å². The zero-order valence-corrected chi connectivity index (χ0v) is 17.4. The van der Waals surface area contributed by atoms with E-state index in [0.29, 0.717) is 54.9 Å². The van der Waals surface area contributed by atoms with E-state index < -0.39 is 17.0 Å². The summed E-state index contributed by atoms with van der Waals surface area (Å²) in [5.41, 5.74) is -0.0535. The van der Waals surface area contributed by atoms with Crippen LogP contribution in [0, 0.1) is 17.2 Å². The van der Waals surface area contributed by atoms with Gasteiger partial charge in [0.2, 0.25) is 0 Å². The smallest absolute Gasteiger partial charge is 0.310 e. The third-order valence-corrected chi connectivity index (χ3v) is 6.54. The molecule has 160 valence electrons. The number of carboxylic acids is 1. The van der Waals surface area contributed by atoms with Crippen LogP contribution in [-0.4, -0.2) is 40.7 Å². The van der Waals surface area contributed by atoms with Crippen LogP contribution in [0.4, 0.5) is 4.39 Å². The van der Waals surface area contributed by atoms with Crippen molar-refractivity contribution in [3.63, 3.8) is 0 Å². The number of hydrogen-bond donors (Lipinski definition) is 2. The molecule has 0 aliphatic carbocycles. The maximum atomic E-state index is 13.9. The molecule has 2 aliphatic heterocycles. The Morgan fingerprint density at radius 1 is 1.20 bits per heavy atom. The predicted molar refractivity (Wildman–Crippen MR) is 111 cm³/mol. The van der Waals surface area contributed by atoms with E-state index in [4.69, 9.17) is 4.74 Å². The van der Waals surface area contributed by atoms with Crippen LogP contribution in [0.15, 0.2) is 42.5 Å². The quantitative estimate of drug-likeness (QED) is 0.798. The number of rotatable bonds is 4. The van der Waals surface area contributed by atoms with Crippen LogP contribution in [0.25, 0.3) is 0 Å². The second kappa shape index (κ2) is 7.67. The highest BCUT2D eigenvalue weighted by molar-refractivity contribution is 5.73. The fourth-order valence-corrected chi connectivity index (χ4v) is 4.84. The number of hydrogen-bond acceptors (Lipinski definition) is 4. The molecule has 0 saturated carbocycles. The average Bonchev–Trinajstić information content (AvgIpc) is 2.84. The van der Waals surface area contributed by atoms with Crippen LogP contribution in [0.1, 0.15) is 43.4 Å². The molecule has 30 heavy (non-hydrogen) atoms. The normalized spacial score (nSPS) is 22.5. The number of fused-ring (bicyclic) bond motifs is 2.